The second-order valence-electron chi connectivity index (χ2n) is 5.37. The molecule has 7 heteroatoms. The number of methoxy groups -OCH3 is 1. The van der Waals surface area contributed by atoms with Crippen LogP contribution in [0.15, 0.2) is 23.4 Å². The predicted molar refractivity (Wildman–Crippen MR) is 80.2 cm³/mol. The fourth-order valence-electron chi connectivity index (χ4n) is 1.73. The average Bonchev–Trinajstić information content (AvgIpc) is 2.45. The number of benzene rings is 1. The number of oxime groups is 1. The first-order valence-corrected chi connectivity index (χ1v) is 6.47. The number of rotatable bonds is 7. The molecule has 0 atom stereocenters. The molecule has 1 amide bonds. The lowest BCUT2D eigenvalue weighted by atomic mass is 9.92. The van der Waals surface area contributed by atoms with Crippen molar-refractivity contribution in [1.29, 1.82) is 0 Å². The van der Waals surface area contributed by atoms with Gasteiger partial charge >= 0.3 is 0 Å². The minimum atomic E-state index is -0.624. The molecule has 1 aromatic carbocycles. The van der Waals surface area contributed by atoms with Crippen molar-refractivity contribution in [3.63, 3.8) is 0 Å². The number of hydrogen-bond donors (Lipinski definition) is 4. The van der Waals surface area contributed by atoms with Gasteiger partial charge in [0.15, 0.2) is 5.84 Å². The summed E-state index contributed by atoms with van der Waals surface area (Å²) in [7, 11) is 1.51. The summed E-state index contributed by atoms with van der Waals surface area (Å²) in [4.78, 5) is 11.2. The van der Waals surface area contributed by atoms with E-state index in [1.807, 2.05) is 6.07 Å². The maximum atomic E-state index is 11.2. The minimum Gasteiger partial charge on any atom is -0.496 e. The molecule has 1 rings (SSSR count). The van der Waals surface area contributed by atoms with E-state index in [0.717, 1.165) is 5.56 Å². The highest BCUT2D eigenvalue weighted by atomic mass is 16.5. The molecule has 0 unspecified atom stereocenters. The number of nitrogens with one attached hydrogen (secondary N) is 1. The van der Waals surface area contributed by atoms with Crippen molar-refractivity contribution >= 4 is 11.7 Å². The molecule has 116 valence electrons. The van der Waals surface area contributed by atoms with Crippen LogP contribution < -0.4 is 21.5 Å². The molecule has 0 aromatic heterocycles. The van der Waals surface area contributed by atoms with E-state index in [1.54, 1.807) is 26.0 Å². The Morgan fingerprint density at radius 1 is 1.43 bits per heavy atom. The molecule has 0 saturated carbocycles. The molecule has 0 fully saturated rings. The molecule has 0 radical (unpaired) electrons. The summed E-state index contributed by atoms with van der Waals surface area (Å²) in [5.41, 5.74) is 11.7. The zero-order valence-electron chi connectivity index (χ0n) is 12.5. The molecule has 0 heterocycles. The zero-order valence-corrected chi connectivity index (χ0v) is 12.5. The molecule has 0 saturated heterocycles. The van der Waals surface area contributed by atoms with Gasteiger partial charge in [0.2, 0.25) is 5.91 Å². The molecular weight excluding hydrogens is 272 g/mol. The number of hydrogen-bond acceptors (Lipinski definition) is 5. The summed E-state index contributed by atoms with van der Waals surface area (Å²) in [5, 5.41) is 14.9. The van der Waals surface area contributed by atoms with E-state index in [9.17, 15) is 4.79 Å². The van der Waals surface area contributed by atoms with Crippen LogP contribution in [0.2, 0.25) is 0 Å². The van der Waals surface area contributed by atoms with E-state index in [1.165, 1.54) is 7.11 Å². The van der Waals surface area contributed by atoms with E-state index in [4.69, 9.17) is 21.4 Å². The highest BCUT2D eigenvalue weighted by Crippen LogP contribution is 2.20. The van der Waals surface area contributed by atoms with Crippen LogP contribution in [0.4, 0.5) is 0 Å². The molecule has 1 aromatic rings. The van der Waals surface area contributed by atoms with Crippen molar-refractivity contribution in [2.75, 3.05) is 13.7 Å². The van der Waals surface area contributed by atoms with Crippen molar-refractivity contribution in [2.24, 2.45) is 22.0 Å². The topological polar surface area (TPSA) is 123 Å². The second kappa shape index (κ2) is 6.94. The number of amides is 1. The number of carbonyl (C=O) groups is 1. The Kier molecular flexibility index (Phi) is 5.54. The number of nitrogens with zero attached hydrogens (tertiary/aromatic N) is 1. The van der Waals surface area contributed by atoms with Gasteiger partial charge in [-0.2, -0.15) is 0 Å². The van der Waals surface area contributed by atoms with Crippen molar-refractivity contribution in [3.05, 3.63) is 29.3 Å². The lowest BCUT2D eigenvalue weighted by molar-refractivity contribution is -0.125. The van der Waals surface area contributed by atoms with Crippen LogP contribution in [0.1, 0.15) is 25.0 Å². The van der Waals surface area contributed by atoms with Gasteiger partial charge in [0.05, 0.1) is 18.1 Å². The van der Waals surface area contributed by atoms with Gasteiger partial charge in [0, 0.05) is 13.1 Å². The molecule has 0 aliphatic rings. The van der Waals surface area contributed by atoms with Crippen molar-refractivity contribution < 1.29 is 14.7 Å². The first-order valence-electron chi connectivity index (χ1n) is 6.47. The number of primary amides is 1. The number of carbonyl (C=O) groups excluding carboxylic acids is 1. The van der Waals surface area contributed by atoms with Gasteiger partial charge in [-0.15, -0.1) is 0 Å². The minimum absolute atomic E-state index is 0.0221. The average molecular weight is 294 g/mol. The maximum Gasteiger partial charge on any atom is 0.224 e. The highest BCUT2D eigenvalue weighted by molar-refractivity contribution is 5.99. The van der Waals surface area contributed by atoms with Crippen molar-refractivity contribution in [3.8, 4) is 5.75 Å². The largest absolute Gasteiger partial charge is 0.496 e. The van der Waals surface area contributed by atoms with Gasteiger partial charge in [-0.05, 0) is 31.5 Å². The standard InChI is InChI=1S/C14H22N4O3/c1-14(2,13(16)19)8-17-7-9-4-5-11(21-3)10(6-9)12(15)18-20/h4-6,17,20H,7-8H2,1-3H3,(H2,15,18)(H2,16,19). The summed E-state index contributed by atoms with van der Waals surface area (Å²) in [6.07, 6.45) is 0. The van der Waals surface area contributed by atoms with Gasteiger partial charge in [0.1, 0.15) is 5.75 Å². The van der Waals surface area contributed by atoms with Gasteiger partial charge in [-0.1, -0.05) is 11.2 Å². The molecular formula is C14H22N4O3. The monoisotopic (exact) mass is 294 g/mol. The second-order valence-corrected chi connectivity index (χ2v) is 5.37. The summed E-state index contributed by atoms with van der Waals surface area (Å²) >= 11 is 0. The molecule has 0 bridgehead atoms. The Bertz CT molecular complexity index is 541. The Labute approximate surface area is 123 Å². The van der Waals surface area contributed by atoms with E-state index in [-0.39, 0.29) is 11.7 Å². The van der Waals surface area contributed by atoms with Gasteiger partial charge in [0.25, 0.3) is 0 Å². The summed E-state index contributed by atoms with van der Waals surface area (Å²) < 4.78 is 5.16. The van der Waals surface area contributed by atoms with E-state index in [2.05, 4.69) is 10.5 Å². The quantitative estimate of drug-likeness (QED) is 0.251. The summed E-state index contributed by atoms with van der Waals surface area (Å²) in [6, 6.07) is 5.36. The number of nitrogens with two attached hydrogens (primary N) is 2. The highest BCUT2D eigenvalue weighted by Gasteiger charge is 2.24. The SMILES string of the molecule is COc1ccc(CNCC(C)(C)C(N)=O)cc1/C(N)=N/O. The molecule has 0 aliphatic carbocycles. The number of amidine groups is 1. The molecule has 0 aliphatic heterocycles. The van der Waals surface area contributed by atoms with Crippen LogP contribution in [0.3, 0.4) is 0 Å². The van der Waals surface area contributed by atoms with Crippen LogP contribution in [-0.2, 0) is 11.3 Å². The fourth-order valence-corrected chi connectivity index (χ4v) is 1.73. The number of ether oxygens (including phenoxy) is 1. The molecule has 0 spiro atoms. The van der Waals surface area contributed by atoms with Crippen LogP contribution in [0.5, 0.6) is 5.75 Å². The first-order chi connectivity index (χ1) is 9.81. The third-order valence-electron chi connectivity index (χ3n) is 3.21. The third kappa shape index (κ3) is 4.35. The van der Waals surface area contributed by atoms with Gasteiger partial charge < -0.3 is 26.7 Å². The molecule has 7 nitrogen and oxygen atoms in total. The Morgan fingerprint density at radius 3 is 2.62 bits per heavy atom. The Balaban J connectivity index is 2.80. The smallest absolute Gasteiger partial charge is 0.224 e. The Hall–Kier alpha value is -2.28. The predicted octanol–water partition coefficient (Wildman–Crippen LogP) is 0.391. The normalized spacial score (nSPS) is 12.2. The first kappa shape index (κ1) is 16.8. The van der Waals surface area contributed by atoms with E-state index in [0.29, 0.717) is 24.4 Å². The van der Waals surface area contributed by atoms with E-state index < -0.39 is 5.41 Å². The third-order valence-corrected chi connectivity index (χ3v) is 3.21. The molecule has 21 heavy (non-hydrogen) atoms. The van der Waals surface area contributed by atoms with Crippen LogP contribution in [-0.4, -0.2) is 30.6 Å². The summed E-state index contributed by atoms with van der Waals surface area (Å²) in [5.74, 6) is 0.139. The Morgan fingerprint density at radius 2 is 2.10 bits per heavy atom. The lowest BCUT2D eigenvalue weighted by Gasteiger charge is -2.21. The maximum absolute atomic E-state index is 11.2. The fraction of sp³-hybridized carbons (Fsp3) is 0.429. The van der Waals surface area contributed by atoms with Crippen LogP contribution in [0, 0.1) is 5.41 Å². The van der Waals surface area contributed by atoms with Crippen LogP contribution >= 0.6 is 0 Å². The van der Waals surface area contributed by atoms with Crippen molar-refractivity contribution in [1.82, 2.24) is 5.32 Å². The van der Waals surface area contributed by atoms with Crippen molar-refractivity contribution in [2.45, 2.75) is 20.4 Å². The zero-order chi connectivity index (χ0) is 16.0. The van der Waals surface area contributed by atoms with Gasteiger partial charge in [-0.25, -0.2) is 0 Å². The summed E-state index contributed by atoms with van der Waals surface area (Å²) in [6.45, 7) is 4.52. The lowest BCUT2D eigenvalue weighted by Crippen LogP contribution is -2.40. The van der Waals surface area contributed by atoms with Gasteiger partial charge in [-0.3, -0.25) is 4.79 Å². The van der Waals surface area contributed by atoms with Crippen LogP contribution in [0.25, 0.3) is 0 Å². The van der Waals surface area contributed by atoms with E-state index >= 15 is 0 Å². The molecule has 6 N–H and O–H groups in total.